The topological polar surface area (TPSA) is 35.2 Å². The minimum atomic E-state index is 0.150. The molecule has 0 bridgehead atoms. The SMILES string of the molecule is COc1cc(C)c(Br)c2c1CCC[C@@H]2N. The third kappa shape index (κ3) is 1.79. The molecule has 2 rings (SSSR count). The second kappa shape index (κ2) is 4.14. The highest BCUT2D eigenvalue weighted by Gasteiger charge is 2.23. The monoisotopic (exact) mass is 269 g/mol. The lowest BCUT2D eigenvalue weighted by Gasteiger charge is -2.26. The summed E-state index contributed by atoms with van der Waals surface area (Å²) in [5.74, 6) is 0.987. The molecule has 2 nitrogen and oxygen atoms in total. The van der Waals surface area contributed by atoms with E-state index in [9.17, 15) is 0 Å². The molecule has 82 valence electrons. The van der Waals surface area contributed by atoms with Crippen LogP contribution in [0.4, 0.5) is 0 Å². The number of ether oxygens (including phenoxy) is 1. The largest absolute Gasteiger partial charge is 0.496 e. The molecule has 1 atom stereocenters. The number of hydrogen-bond donors (Lipinski definition) is 1. The Bertz CT molecular complexity index is 390. The molecule has 0 aromatic heterocycles. The van der Waals surface area contributed by atoms with Crippen molar-refractivity contribution in [2.75, 3.05) is 7.11 Å². The fourth-order valence-electron chi connectivity index (χ4n) is 2.29. The predicted molar refractivity (Wildman–Crippen MR) is 65.3 cm³/mol. The van der Waals surface area contributed by atoms with E-state index in [4.69, 9.17) is 10.5 Å². The van der Waals surface area contributed by atoms with E-state index in [0.717, 1.165) is 29.5 Å². The molecular formula is C12H16BrNO. The molecule has 1 aromatic carbocycles. The number of aryl methyl sites for hydroxylation is 1. The molecule has 1 aromatic rings. The van der Waals surface area contributed by atoms with E-state index in [-0.39, 0.29) is 6.04 Å². The molecule has 0 amide bonds. The van der Waals surface area contributed by atoms with E-state index in [2.05, 4.69) is 28.9 Å². The lowest BCUT2D eigenvalue weighted by atomic mass is 9.86. The van der Waals surface area contributed by atoms with Gasteiger partial charge in [-0.2, -0.15) is 0 Å². The maximum absolute atomic E-state index is 6.15. The average molecular weight is 270 g/mol. The van der Waals surface area contributed by atoms with Gasteiger partial charge in [0.15, 0.2) is 0 Å². The van der Waals surface area contributed by atoms with Gasteiger partial charge in [-0.25, -0.2) is 0 Å². The normalized spacial score (nSPS) is 19.9. The number of benzene rings is 1. The van der Waals surface area contributed by atoms with Gasteiger partial charge in [0.2, 0.25) is 0 Å². The number of hydrogen-bond acceptors (Lipinski definition) is 2. The zero-order valence-electron chi connectivity index (χ0n) is 9.14. The van der Waals surface area contributed by atoms with Gasteiger partial charge in [0.25, 0.3) is 0 Å². The molecule has 1 aliphatic carbocycles. The zero-order valence-corrected chi connectivity index (χ0v) is 10.7. The lowest BCUT2D eigenvalue weighted by molar-refractivity contribution is 0.402. The number of rotatable bonds is 1. The van der Waals surface area contributed by atoms with Gasteiger partial charge in [0.1, 0.15) is 5.75 Å². The average Bonchev–Trinajstić information content (AvgIpc) is 2.23. The molecule has 0 fully saturated rings. The number of halogens is 1. The lowest BCUT2D eigenvalue weighted by Crippen LogP contribution is -2.19. The standard InChI is InChI=1S/C12H16BrNO/c1-7-6-10(15-2)8-4-3-5-9(14)11(8)12(7)13/h6,9H,3-5,14H2,1-2H3/t9-/m0/s1. The Hall–Kier alpha value is -0.540. The van der Waals surface area contributed by atoms with Crippen molar-refractivity contribution in [1.29, 1.82) is 0 Å². The third-order valence-electron chi connectivity index (χ3n) is 3.09. The first-order chi connectivity index (χ1) is 7.15. The quantitative estimate of drug-likeness (QED) is 0.851. The van der Waals surface area contributed by atoms with E-state index < -0.39 is 0 Å². The van der Waals surface area contributed by atoms with Crippen LogP contribution in [-0.2, 0) is 6.42 Å². The van der Waals surface area contributed by atoms with Crippen molar-refractivity contribution < 1.29 is 4.74 Å². The molecule has 1 aliphatic rings. The van der Waals surface area contributed by atoms with Gasteiger partial charge in [-0.05, 0) is 43.4 Å². The molecular weight excluding hydrogens is 254 g/mol. The molecule has 0 radical (unpaired) electrons. The van der Waals surface area contributed by atoms with Crippen LogP contribution in [0.2, 0.25) is 0 Å². The summed E-state index contributed by atoms with van der Waals surface area (Å²) in [6, 6.07) is 2.23. The Morgan fingerprint density at radius 2 is 2.27 bits per heavy atom. The number of nitrogens with two attached hydrogens (primary N) is 1. The van der Waals surface area contributed by atoms with Crippen molar-refractivity contribution in [3.63, 3.8) is 0 Å². The maximum Gasteiger partial charge on any atom is 0.122 e. The molecule has 15 heavy (non-hydrogen) atoms. The molecule has 0 aliphatic heterocycles. The van der Waals surface area contributed by atoms with Crippen LogP contribution < -0.4 is 10.5 Å². The molecule has 3 heteroatoms. The Kier molecular flexibility index (Phi) is 3.03. The van der Waals surface area contributed by atoms with Gasteiger partial charge in [-0.1, -0.05) is 15.9 Å². The summed E-state index contributed by atoms with van der Waals surface area (Å²) in [5.41, 5.74) is 9.89. The Balaban J connectivity index is 2.65. The Morgan fingerprint density at radius 3 is 2.93 bits per heavy atom. The van der Waals surface area contributed by atoms with Crippen LogP contribution in [0.25, 0.3) is 0 Å². The van der Waals surface area contributed by atoms with Crippen molar-refractivity contribution >= 4 is 15.9 Å². The summed E-state index contributed by atoms with van der Waals surface area (Å²) < 4.78 is 6.58. The number of methoxy groups -OCH3 is 1. The summed E-state index contributed by atoms with van der Waals surface area (Å²) in [6.45, 7) is 2.08. The van der Waals surface area contributed by atoms with Crippen LogP contribution in [0.5, 0.6) is 5.75 Å². The fraction of sp³-hybridized carbons (Fsp3) is 0.500. The second-order valence-electron chi connectivity index (χ2n) is 4.10. The van der Waals surface area contributed by atoms with Gasteiger partial charge in [0.05, 0.1) is 7.11 Å². The highest BCUT2D eigenvalue weighted by molar-refractivity contribution is 9.10. The van der Waals surface area contributed by atoms with Crippen molar-refractivity contribution in [2.24, 2.45) is 5.73 Å². The summed E-state index contributed by atoms with van der Waals surface area (Å²) >= 11 is 3.63. The second-order valence-corrected chi connectivity index (χ2v) is 4.89. The highest BCUT2D eigenvalue weighted by Crippen LogP contribution is 2.40. The smallest absolute Gasteiger partial charge is 0.122 e. The Labute approximate surface area is 98.9 Å². The minimum absolute atomic E-state index is 0.150. The van der Waals surface area contributed by atoms with Crippen LogP contribution >= 0.6 is 15.9 Å². The van der Waals surface area contributed by atoms with Crippen molar-refractivity contribution in [2.45, 2.75) is 32.2 Å². The van der Waals surface area contributed by atoms with Crippen molar-refractivity contribution in [3.05, 3.63) is 27.2 Å². The van der Waals surface area contributed by atoms with Gasteiger partial charge >= 0.3 is 0 Å². The zero-order chi connectivity index (χ0) is 11.0. The van der Waals surface area contributed by atoms with E-state index >= 15 is 0 Å². The molecule has 0 saturated carbocycles. The van der Waals surface area contributed by atoms with Crippen LogP contribution in [0, 0.1) is 6.92 Å². The van der Waals surface area contributed by atoms with Crippen LogP contribution in [0.15, 0.2) is 10.5 Å². The number of fused-ring (bicyclic) bond motifs is 1. The van der Waals surface area contributed by atoms with E-state index in [0.29, 0.717) is 0 Å². The van der Waals surface area contributed by atoms with Gasteiger partial charge in [-0.3, -0.25) is 0 Å². The third-order valence-corrected chi connectivity index (χ3v) is 4.14. The Morgan fingerprint density at radius 1 is 1.53 bits per heavy atom. The van der Waals surface area contributed by atoms with E-state index in [1.807, 2.05) is 0 Å². The van der Waals surface area contributed by atoms with Crippen LogP contribution in [0.3, 0.4) is 0 Å². The molecule has 0 unspecified atom stereocenters. The minimum Gasteiger partial charge on any atom is -0.496 e. The summed E-state index contributed by atoms with van der Waals surface area (Å²) in [7, 11) is 1.73. The summed E-state index contributed by atoms with van der Waals surface area (Å²) in [6.07, 6.45) is 3.29. The fourth-order valence-corrected chi connectivity index (χ4v) is 2.94. The van der Waals surface area contributed by atoms with E-state index in [1.54, 1.807) is 7.11 Å². The van der Waals surface area contributed by atoms with Gasteiger partial charge in [0, 0.05) is 16.1 Å². The maximum atomic E-state index is 6.15. The first-order valence-electron chi connectivity index (χ1n) is 5.26. The van der Waals surface area contributed by atoms with Crippen LogP contribution in [0.1, 0.15) is 35.6 Å². The molecule has 0 spiro atoms. The van der Waals surface area contributed by atoms with E-state index in [1.165, 1.54) is 16.7 Å². The highest BCUT2D eigenvalue weighted by atomic mass is 79.9. The van der Waals surface area contributed by atoms with Gasteiger partial charge < -0.3 is 10.5 Å². The predicted octanol–water partition coefficient (Wildman–Crippen LogP) is 3.10. The summed E-state index contributed by atoms with van der Waals surface area (Å²) in [4.78, 5) is 0. The van der Waals surface area contributed by atoms with Crippen molar-refractivity contribution in [1.82, 2.24) is 0 Å². The first kappa shape index (κ1) is 11.0. The van der Waals surface area contributed by atoms with Crippen LogP contribution in [-0.4, -0.2) is 7.11 Å². The molecule has 0 saturated heterocycles. The molecule has 2 N–H and O–H groups in total. The first-order valence-corrected chi connectivity index (χ1v) is 6.06. The molecule has 0 heterocycles. The van der Waals surface area contributed by atoms with Gasteiger partial charge in [-0.15, -0.1) is 0 Å². The van der Waals surface area contributed by atoms with Crippen molar-refractivity contribution in [3.8, 4) is 5.75 Å². The summed E-state index contributed by atoms with van der Waals surface area (Å²) in [5, 5.41) is 0.